The van der Waals surface area contributed by atoms with E-state index in [9.17, 15) is 0 Å². The molecule has 0 fully saturated rings. The van der Waals surface area contributed by atoms with Crippen LogP contribution in [0.1, 0.15) is 11.1 Å². The maximum absolute atomic E-state index is 8.78. The Hall–Kier alpha value is 0.620. The predicted molar refractivity (Wildman–Crippen MR) is 101 cm³/mol. The number of benzene rings is 2. The van der Waals surface area contributed by atoms with Crippen LogP contribution in [0.5, 0.6) is 0 Å². The van der Waals surface area contributed by atoms with Crippen molar-refractivity contribution in [3.8, 4) is 0 Å². The number of aliphatic hydroxyl groups excluding tert-OH is 1. The van der Waals surface area contributed by atoms with Crippen LogP contribution in [0.4, 0.5) is 0 Å². The van der Waals surface area contributed by atoms with Crippen LogP contribution in [0, 0.1) is 0 Å². The summed E-state index contributed by atoms with van der Waals surface area (Å²) in [5.74, 6) is 0. The molecule has 1 nitrogen and oxygen atoms in total. The summed E-state index contributed by atoms with van der Waals surface area (Å²) >= 11 is 37.7. The van der Waals surface area contributed by atoms with E-state index in [-0.39, 0.29) is 6.61 Å². The van der Waals surface area contributed by atoms with E-state index >= 15 is 0 Å². The lowest BCUT2D eigenvalue weighted by Gasteiger charge is -2.02. The topological polar surface area (TPSA) is 20.2 Å². The van der Waals surface area contributed by atoms with Gasteiger partial charge in [0, 0.05) is 41.0 Å². The first-order valence-electron chi connectivity index (χ1n) is 5.73. The summed E-state index contributed by atoms with van der Waals surface area (Å²) in [4.78, 5) is 0. The molecule has 120 valence electrons. The summed E-state index contributed by atoms with van der Waals surface area (Å²) in [6.07, 6.45) is 0. The number of alkyl halides is 1. The van der Waals surface area contributed by atoms with Gasteiger partial charge in [-0.2, -0.15) is 0 Å². The maximum atomic E-state index is 8.78. The Bertz CT molecular complexity index is 558. The molecule has 8 heteroatoms. The van der Waals surface area contributed by atoms with E-state index in [2.05, 4.69) is 15.9 Å². The highest BCUT2D eigenvalue weighted by molar-refractivity contribution is 9.08. The molecule has 0 heterocycles. The average Bonchev–Trinajstić information content (AvgIpc) is 2.38. The first-order chi connectivity index (χ1) is 10.3. The predicted octanol–water partition coefficient (Wildman–Crippen LogP) is 7.68. The van der Waals surface area contributed by atoms with Crippen molar-refractivity contribution in [3.63, 3.8) is 0 Å². The fourth-order valence-corrected chi connectivity index (χ4v) is 4.24. The van der Waals surface area contributed by atoms with Crippen molar-refractivity contribution in [1.29, 1.82) is 0 Å². The van der Waals surface area contributed by atoms with Crippen molar-refractivity contribution in [3.05, 3.63) is 65.5 Å². The Morgan fingerprint density at radius 1 is 0.682 bits per heavy atom. The Morgan fingerprint density at radius 3 is 1.27 bits per heavy atom. The zero-order valence-electron chi connectivity index (χ0n) is 10.8. The second kappa shape index (κ2) is 9.80. The van der Waals surface area contributed by atoms with E-state index in [4.69, 9.17) is 74.7 Å². The van der Waals surface area contributed by atoms with Crippen LogP contribution in [0.25, 0.3) is 0 Å². The van der Waals surface area contributed by atoms with Crippen molar-refractivity contribution in [2.45, 2.75) is 11.9 Å². The number of hydrogen-bond donors (Lipinski definition) is 1. The molecule has 0 saturated carbocycles. The zero-order valence-corrected chi connectivity index (χ0v) is 16.9. The molecule has 2 aromatic carbocycles. The molecule has 0 unspecified atom stereocenters. The Labute approximate surface area is 167 Å². The van der Waals surface area contributed by atoms with Crippen molar-refractivity contribution in [2.75, 3.05) is 0 Å². The number of hydrogen-bond acceptors (Lipinski definition) is 1. The molecular formula is C14H9BrCl6O. The third kappa shape index (κ3) is 5.92. The van der Waals surface area contributed by atoms with Gasteiger partial charge in [-0.05, 0) is 29.8 Å². The van der Waals surface area contributed by atoms with Gasteiger partial charge in [0.15, 0.2) is 0 Å². The van der Waals surface area contributed by atoms with Gasteiger partial charge in [-0.1, -0.05) is 85.5 Å². The third-order valence-electron chi connectivity index (χ3n) is 2.50. The van der Waals surface area contributed by atoms with Gasteiger partial charge in [-0.3, -0.25) is 0 Å². The molecule has 0 atom stereocenters. The molecule has 0 aliphatic rings. The van der Waals surface area contributed by atoms with E-state index in [1.807, 2.05) is 0 Å². The molecule has 2 aromatic rings. The molecule has 0 radical (unpaired) electrons. The molecule has 0 bridgehead atoms. The summed E-state index contributed by atoms with van der Waals surface area (Å²) in [5, 5.41) is 12.4. The SMILES string of the molecule is Clc1cc(Cl)c(CBr)c(Cl)c1.OCc1c(Cl)cc(Cl)cc1Cl. The van der Waals surface area contributed by atoms with Gasteiger partial charge in [-0.25, -0.2) is 0 Å². The Morgan fingerprint density at radius 2 is 1.00 bits per heavy atom. The van der Waals surface area contributed by atoms with Crippen molar-refractivity contribution < 1.29 is 5.11 Å². The minimum Gasteiger partial charge on any atom is -0.392 e. The van der Waals surface area contributed by atoms with Crippen LogP contribution in [-0.4, -0.2) is 5.11 Å². The van der Waals surface area contributed by atoms with Crippen LogP contribution < -0.4 is 0 Å². The number of rotatable bonds is 2. The molecule has 0 saturated heterocycles. The highest BCUT2D eigenvalue weighted by atomic mass is 79.9. The molecule has 22 heavy (non-hydrogen) atoms. The summed E-state index contributed by atoms with van der Waals surface area (Å²) in [7, 11) is 0. The first kappa shape index (κ1) is 20.7. The fraction of sp³-hybridized carbons (Fsp3) is 0.143. The summed E-state index contributed by atoms with van der Waals surface area (Å²) in [6, 6.07) is 6.43. The molecular weight excluding hydrogens is 477 g/mol. The summed E-state index contributed by atoms with van der Waals surface area (Å²) in [5.41, 5.74) is 1.38. The average molecular weight is 486 g/mol. The van der Waals surface area contributed by atoms with E-state index in [0.29, 0.717) is 41.0 Å². The summed E-state index contributed by atoms with van der Waals surface area (Å²) in [6.45, 7) is -0.172. The monoisotopic (exact) mass is 482 g/mol. The number of halogens is 7. The smallest absolute Gasteiger partial charge is 0.0711 e. The van der Waals surface area contributed by atoms with E-state index < -0.39 is 0 Å². The van der Waals surface area contributed by atoms with Gasteiger partial charge in [-0.15, -0.1) is 0 Å². The van der Waals surface area contributed by atoms with Crippen LogP contribution >= 0.6 is 85.5 Å². The lowest BCUT2D eigenvalue weighted by Crippen LogP contribution is -1.86. The van der Waals surface area contributed by atoms with Gasteiger partial charge in [0.2, 0.25) is 0 Å². The third-order valence-corrected chi connectivity index (χ3v) is 4.85. The van der Waals surface area contributed by atoms with E-state index in [1.54, 1.807) is 24.3 Å². The minimum atomic E-state index is -0.172. The van der Waals surface area contributed by atoms with E-state index in [1.165, 1.54) is 0 Å². The second-order valence-corrected chi connectivity index (χ2v) is 7.05. The van der Waals surface area contributed by atoms with Gasteiger partial charge < -0.3 is 5.11 Å². The Balaban J connectivity index is 0.000000220. The highest BCUT2D eigenvalue weighted by Crippen LogP contribution is 2.30. The molecule has 0 aromatic heterocycles. The zero-order chi connectivity index (χ0) is 16.9. The largest absolute Gasteiger partial charge is 0.392 e. The van der Waals surface area contributed by atoms with Crippen LogP contribution in [0.3, 0.4) is 0 Å². The summed E-state index contributed by atoms with van der Waals surface area (Å²) < 4.78 is 0. The quantitative estimate of drug-likeness (QED) is 0.432. The molecule has 1 N–H and O–H groups in total. The fourth-order valence-electron chi connectivity index (χ4n) is 1.42. The van der Waals surface area contributed by atoms with Gasteiger partial charge >= 0.3 is 0 Å². The first-order valence-corrected chi connectivity index (χ1v) is 9.12. The Kier molecular flexibility index (Phi) is 9.21. The lowest BCUT2D eigenvalue weighted by molar-refractivity contribution is 0.282. The molecule has 0 aliphatic carbocycles. The lowest BCUT2D eigenvalue weighted by atomic mass is 10.2. The van der Waals surface area contributed by atoms with Crippen LogP contribution in [-0.2, 0) is 11.9 Å². The molecule has 0 amide bonds. The number of aliphatic hydroxyl groups is 1. The molecule has 0 aliphatic heterocycles. The van der Waals surface area contributed by atoms with E-state index in [0.717, 1.165) is 5.56 Å². The highest BCUT2D eigenvalue weighted by Gasteiger charge is 2.06. The second-order valence-electron chi connectivity index (χ2n) is 3.99. The van der Waals surface area contributed by atoms with Gasteiger partial charge in [0.1, 0.15) is 0 Å². The normalized spacial score (nSPS) is 10.2. The molecule has 2 rings (SSSR count). The minimum absolute atomic E-state index is 0.172. The van der Waals surface area contributed by atoms with Gasteiger partial charge in [0.05, 0.1) is 6.61 Å². The maximum Gasteiger partial charge on any atom is 0.0711 e. The van der Waals surface area contributed by atoms with Crippen molar-refractivity contribution >= 4 is 85.5 Å². The van der Waals surface area contributed by atoms with Crippen molar-refractivity contribution in [1.82, 2.24) is 0 Å². The standard InChI is InChI=1S/C7H4BrCl3.C7H5Cl3O/c8-3-5-6(10)1-4(9)2-7(5)11;8-4-1-6(9)5(3-11)7(10)2-4/h1-2H,3H2;1-2,11H,3H2. The van der Waals surface area contributed by atoms with Crippen molar-refractivity contribution in [2.24, 2.45) is 0 Å². The van der Waals surface area contributed by atoms with Gasteiger partial charge in [0.25, 0.3) is 0 Å². The van der Waals surface area contributed by atoms with Crippen LogP contribution in [0.2, 0.25) is 30.1 Å². The molecule has 0 spiro atoms. The van der Waals surface area contributed by atoms with Crippen LogP contribution in [0.15, 0.2) is 24.3 Å².